The summed E-state index contributed by atoms with van der Waals surface area (Å²) in [5, 5.41) is 15.6. The van der Waals surface area contributed by atoms with E-state index >= 15 is 0 Å². The molecular weight excluding hydrogens is 342 g/mol. The quantitative estimate of drug-likeness (QED) is 0.743. The van der Waals surface area contributed by atoms with Gasteiger partial charge in [0.2, 0.25) is 0 Å². The van der Waals surface area contributed by atoms with Gasteiger partial charge in [0.1, 0.15) is 23.6 Å². The number of phenolic OH excluding ortho intramolecular Hbond substituents is 1. The predicted octanol–water partition coefficient (Wildman–Crippen LogP) is 2.86. The van der Waals surface area contributed by atoms with Crippen LogP contribution in [0.1, 0.15) is 13.3 Å². The van der Waals surface area contributed by atoms with E-state index in [4.69, 9.17) is 27.2 Å². The number of aryl methyl sites for hydroxylation is 1. The molecule has 1 aliphatic rings. The summed E-state index contributed by atoms with van der Waals surface area (Å²) < 4.78 is 7.16. The molecule has 25 heavy (non-hydrogen) atoms. The van der Waals surface area contributed by atoms with Gasteiger partial charge >= 0.3 is 0 Å². The van der Waals surface area contributed by atoms with E-state index < -0.39 is 0 Å². The third-order valence-electron chi connectivity index (χ3n) is 4.61. The van der Waals surface area contributed by atoms with E-state index in [0.29, 0.717) is 34.7 Å². The number of halogens is 1. The number of nitrogens with zero attached hydrogens (tertiary/aromatic N) is 4. The number of benzene rings is 1. The van der Waals surface area contributed by atoms with Gasteiger partial charge in [-0.05, 0) is 18.6 Å². The van der Waals surface area contributed by atoms with Gasteiger partial charge in [-0.3, -0.25) is 0 Å². The molecule has 2 aromatic heterocycles. The monoisotopic (exact) mass is 359 g/mol. The lowest BCUT2D eigenvalue weighted by molar-refractivity contribution is -0.107. The summed E-state index contributed by atoms with van der Waals surface area (Å²) in [6.07, 6.45) is 2.37. The van der Waals surface area contributed by atoms with Crippen LogP contribution in [0.25, 0.3) is 22.3 Å². The first kappa shape index (κ1) is 16.1. The minimum absolute atomic E-state index is 0.00332. The maximum atomic E-state index is 9.92. The molecule has 1 aromatic carbocycles. The summed E-state index contributed by atoms with van der Waals surface area (Å²) in [6, 6.07) is 4.99. The molecule has 3 N–H and O–H groups in total. The van der Waals surface area contributed by atoms with Gasteiger partial charge in [-0.15, -0.1) is 0 Å². The van der Waals surface area contributed by atoms with Crippen LogP contribution in [0.5, 0.6) is 5.75 Å². The second kappa shape index (κ2) is 5.86. The Morgan fingerprint density at radius 3 is 2.84 bits per heavy atom. The highest BCUT2D eigenvalue weighted by atomic mass is 35.5. The Morgan fingerprint density at radius 1 is 1.36 bits per heavy atom. The normalized spacial score (nSPS) is 16.1. The Balaban J connectivity index is 1.79. The Bertz CT molecular complexity index is 952. The number of ether oxygens (including phenoxy) is 1. The van der Waals surface area contributed by atoms with Crippen LogP contribution in [0.3, 0.4) is 0 Å². The Kier molecular flexibility index (Phi) is 3.77. The Morgan fingerprint density at radius 2 is 2.16 bits per heavy atom. The highest BCUT2D eigenvalue weighted by molar-refractivity contribution is 6.32. The molecule has 7 nitrogen and oxygen atoms in total. The minimum Gasteiger partial charge on any atom is -0.506 e. The molecule has 0 spiro atoms. The molecule has 8 heteroatoms. The smallest absolute Gasteiger partial charge is 0.163 e. The zero-order valence-corrected chi connectivity index (χ0v) is 14.5. The van der Waals surface area contributed by atoms with Crippen molar-refractivity contribution in [2.24, 2.45) is 5.41 Å². The summed E-state index contributed by atoms with van der Waals surface area (Å²) in [6.45, 7) is 4.43. The molecule has 0 radical (unpaired) electrons. The predicted molar refractivity (Wildman–Crippen MR) is 95.4 cm³/mol. The van der Waals surface area contributed by atoms with Gasteiger partial charge < -0.3 is 15.6 Å². The fraction of sp³-hybridized carbons (Fsp3) is 0.353. The molecule has 4 rings (SSSR count). The van der Waals surface area contributed by atoms with Crippen molar-refractivity contribution in [3.05, 3.63) is 29.5 Å². The molecular formula is C17H18ClN5O2. The summed E-state index contributed by atoms with van der Waals surface area (Å²) in [5.74, 6) is 0.357. The number of fused-ring (bicyclic) bond motifs is 1. The van der Waals surface area contributed by atoms with E-state index in [-0.39, 0.29) is 16.2 Å². The Hall–Kier alpha value is -2.38. The number of nitrogen functional groups attached to an aromatic ring is 1. The highest BCUT2D eigenvalue weighted by Crippen LogP contribution is 2.35. The van der Waals surface area contributed by atoms with Crippen LogP contribution in [-0.4, -0.2) is 38.1 Å². The van der Waals surface area contributed by atoms with Crippen molar-refractivity contribution in [1.82, 2.24) is 19.7 Å². The van der Waals surface area contributed by atoms with Gasteiger partial charge in [0.25, 0.3) is 0 Å². The zero-order valence-electron chi connectivity index (χ0n) is 13.7. The maximum absolute atomic E-state index is 9.92. The SMILES string of the molecule is CC1(CCn2nc(-c3ccc(Cl)c(O)c3)c3c(N)ncnc32)COC1. The van der Waals surface area contributed by atoms with Gasteiger partial charge in [-0.25, -0.2) is 14.6 Å². The first-order valence-corrected chi connectivity index (χ1v) is 8.38. The van der Waals surface area contributed by atoms with Crippen LogP contribution in [0, 0.1) is 5.41 Å². The number of aromatic nitrogens is 4. The fourth-order valence-electron chi connectivity index (χ4n) is 3.02. The van der Waals surface area contributed by atoms with Crippen molar-refractivity contribution in [3.8, 4) is 17.0 Å². The van der Waals surface area contributed by atoms with E-state index in [0.717, 1.165) is 19.6 Å². The molecule has 1 aliphatic heterocycles. The molecule has 0 aliphatic carbocycles. The molecule has 130 valence electrons. The number of rotatable bonds is 4. The maximum Gasteiger partial charge on any atom is 0.163 e. The topological polar surface area (TPSA) is 99.1 Å². The number of hydrogen-bond acceptors (Lipinski definition) is 6. The number of phenols is 1. The lowest BCUT2D eigenvalue weighted by atomic mass is 9.85. The third-order valence-corrected chi connectivity index (χ3v) is 4.93. The van der Waals surface area contributed by atoms with Crippen molar-refractivity contribution >= 4 is 28.5 Å². The van der Waals surface area contributed by atoms with Crippen LogP contribution in [-0.2, 0) is 11.3 Å². The van der Waals surface area contributed by atoms with Gasteiger partial charge in [0.05, 0.1) is 23.6 Å². The molecule has 3 aromatic rings. The van der Waals surface area contributed by atoms with Gasteiger partial charge in [0.15, 0.2) is 5.65 Å². The standard InChI is InChI=1S/C17H18ClN5O2/c1-17(7-25-8-17)4-5-23-16-13(15(19)20-9-21-16)14(22-23)10-2-3-11(18)12(24)6-10/h2-3,6,9,24H,4-5,7-8H2,1H3,(H2,19,20,21). The highest BCUT2D eigenvalue weighted by Gasteiger charge is 2.33. The minimum atomic E-state index is -0.00332. The Labute approximate surface area is 149 Å². The average molecular weight is 360 g/mol. The first-order chi connectivity index (χ1) is 12.0. The van der Waals surface area contributed by atoms with E-state index in [1.807, 2.05) is 4.68 Å². The van der Waals surface area contributed by atoms with E-state index in [1.54, 1.807) is 18.2 Å². The second-order valence-corrected chi connectivity index (χ2v) is 7.16. The largest absolute Gasteiger partial charge is 0.506 e. The van der Waals surface area contributed by atoms with E-state index in [2.05, 4.69) is 16.9 Å². The third kappa shape index (κ3) is 2.79. The van der Waals surface area contributed by atoms with Crippen LogP contribution >= 0.6 is 11.6 Å². The molecule has 3 heterocycles. The molecule has 0 unspecified atom stereocenters. The number of anilines is 1. The van der Waals surface area contributed by atoms with Crippen molar-refractivity contribution in [2.75, 3.05) is 18.9 Å². The number of hydrogen-bond donors (Lipinski definition) is 2. The second-order valence-electron chi connectivity index (χ2n) is 6.75. The lowest BCUT2D eigenvalue weighted by Gasteiger charge is -2.38. The van der Waals surface area contributed by atoms with Crippen molar-refractivity contribution < 1.29 is 9.84 Å². The van der Waals surface area contributed by atoms with Gasteiger partial charge in [0, 0.05) is 17.5 Å². The summed E-state index contributed by atoms with van der Waals surface area (Å²) in [7, 11) is 0. The van der Waals surface area contributed by atoms with Crippen LogP contribution in [0.4, 0.5) is 5.82 Å². The number of nitrogens with two attached hydrogens (primary N) is 1. The molecule has 0 saturated carbocycles. The molecule has 0 bridgehead atoms. The molecule has 0 atom stereocenters. The van der Waals surface area contributed by atoms with Crippen LogP contribution in [0.2, 0.25) is 5.02 Å². The van der Waals surface area contributed by atoms with Crippen molar-refractivity contribution in [1.29, 1.82) is 0 Å². The summed E-state index contributed by atoms with van der Waals surface area (Å²) in [4.78, 5) is 8.45. The van der Waals surface area contributed by atoms with E-state index in [1.165, 1.54) is 6.33 Å². The first-order valence-electron chi connectivity index (χ1n) is 8.00. The molecule has 1 saturated heterocycles. The lowest BCUT2D eigenvalue weighted by Crippen LogP contribution is -2.40. The van der Waals surface area contributed by atoms with Crippen LogP contribution < -0.4 is 5.73 Å². The van der Waals surface area contributed by atoms with Gasteiger partial charge in [-0.1, -0.05) is 24.6 Å². The summed E-state index contributed by atoms with van der Waals surface area (Å²) >= 11 is 5.91. The van der Waals surface area contributed by atoms with E-state index in [9.17, 15) is 5.11 Å². The van der Waals surface area contributed by atoms with Crippen molar-refractivity contribution in [3.63, 3.8) is 0 Å². The molecule has 1 fully saturated rings. The number of aromatic hydroxyl groups is 1. The zero-order chi connectivity index (χ0) is 17.6. The van der Waals surface area contributed by atoms with Crippen molar-refractivity contribution in [2.45, 2.75) is 19.9 Å². The summed E-state index contributed by atoms with van der Waals surface area (Å²) in [5.41, 5.74) is 8.29. The average Bonchev–Trinajstić information content (AvgIpc) is 2.94. The molecule has 0 amide bonds. The fourth-order valence-corrected chi connectivity index (χ4v) is 3.14. The van der Waals surface area contributed by atoms with Gasteiger partial charge in [-0.2, -0.15) is 5.10 Å². The van der Waals surface area contributed by atoms with Crippen LogP contribution in [0.15, 0.2) is 24.5 Å².